The van der Waals surface area contributed by atoms with Gasteiger partial charge in [0.25, 0.3) is 0 Å². The highest BCUT2D eigenvalue weighted by Crippen LogP contribution is 2.32. The molecule has 8 heteroatoms. The standard InChI is InChI=1S/C23H22BF2NO4/c1-3-4-13-27-14-12-17(18-9-5-6-10-19(18)27)8-7-11-20(28)22-21(31-24(25)26)15-16(2)30-23(22)29/h5-12,14-15H,3-4,13H2,1-2H3/b11-7+,17-8+. The third-order valence-electron chi connectivity index (χ3n) is 4.74. The summed E-state index contributed by atoms with van der Waals surface area (Å²) in [7, 11) is -3.17. The van der Waals surface area contributed by atoms with Gasteiger partial charge in [0, 0.05) is 30.1 Å². The second-order valence-electron chi connectivity index (χ2n) is 6.99. The van der Waals surface area contributed by atoms with E-state index in [1.54, 1.807) is 6.08 Å². The van der Waals surface area contributed by atoms with E-state index in [4.69, 9.17) is 4.42 Å². The molecule has 1 aromatic heterocycles. The Hall–Kier alpha value is -3.42. The van der Waals surface area contributed by atoms with Crippen LogP contribution in [-0.4, -0.2) is 19.8 Å². The molecule has 2 heterocycles. The zero-order valence-corrected chi connectivity index (χ0v) is 17.3. The number of nitrogens with zero attached hydrogens (tertiary/aromatic N) is 1. The summed E-state index contributed by atoms with van der Waals surface area (Å²) in [6.45, 7) is 4.45. The summed E-state index contributed by atoms with van der Waals surface area (Å²) in [5, 5.41) is 0. The Balaban J connectivity index is 1.87. The number of hydrogen-bond donors (Lipinski definition) is 0. The van der Waals surface area contributed by atoms with Crippen LogP contribution < -0.4 is 15.2 Å². The van der Waals surface area contributed by atoms with E-state index in [0.717, 1.165) is 48.4 Å². The largest absolute Gasteiger partial charge is 0.796 e. The molecular formula is C23H22BF2NO4. The van der Waals surface area contributed by atoms with Crippen molar-refractivity contribution in [3.8, 4) is 5.75 Å². The maximum Gasteiger partial charge on any atom is 0.796 e. The van der Waals surface area contributed by atoms with Crippen LogP contribution in [-0.2, 0) is 0 Å². The van der Waals surface area contributed by atoms with Gasteiger partial charge in [0.2, 0.25) is 0 Å². The molecule has 0 atom stereocenters. The predicted octanol–water partition coefficient (Wildman–Crippen LogP) is 5.21. The number of anilines is 1. The molecular weight excluding hydrogens is 403 g/mol. The fraction of sp³-hybridized carbons (Fsp3) is 0.217. The van der Waals surface area contributed by atoms with Gasteiger partial charge in [-0.3, -0.25) is 4.79 Å². The lowest BCUT2D eigenvalue weighted by Crippen LogP contribution is -2.20. The Labute approximate surface area is 179 Å². The van der Waals surface area contributed by atoms with E-state index < -0.39 is 30.2 Å². The molecule has 1 aliphatic rings. The van der Waals surface area contributed by atoms with E-state index in [1.165, 1.54) is 13.0 Å². The summed E-state index contributed by atoms with van der Waals surface area (Å²) in [6, 6.07) is 9.02. The first-order chi connectivity index (χ1) is 14.9. The Morgan fingerprint density at radius 2 is 2.06 bits per heavy atom. The number of rotatable bonds is 8. The van der Waals surface area contributed by atoms with Gasteiger partial charge < -0.3 is 14.0 Å². The number of carbonyl (C=O) groups is 1. The lowest BCUT2D eigenvalue weighted by atomic mass is 9.99. The number of benzene rings is 1. The number of hydrogen-bond acceptors (Lipinski definition) is 5. The van der Waals surface area contributed by atoms with Crippen molar-refractivity contribution in [3.05, 3.63) is 88.1 Å². The Kier molecular flexibility index (Phi) is 7.23. The van der Waals surface area contributed by atoms with Crippen molar-refractivity contribution in [1.29, 1.82) is 0 Å². The molecule has 0 N–H and O–H groups in total. The highest BCUT2D eigenvalue weighted by Gasteiger charge is 2.25. The number of unbranched alkanes of at least 4 members (excludes halogenated alkanes) is 1. The van der Waals surface area contributed by atoms with Gasteiger partial charge in [-0.15, -0.1) is 0 Å². The fourth-order valence-electron chi connectivity index (χ4n) is 3.29. The molecule has 1 aliphatic heterocycles. The molecule has 5 nitrogen and oxygen atoms in total. The number of fused-ring (bicyclic) bond motifs is 1. The Bertz CT molecular complexity index is 1100. The van der Waals surface area contributed by atoms with Crippen molar-refractivity contribution in [1.82, 2.24) is 0 Å². The zero-order valence-electron chi connectivity index (χ0n) is 17.3. The van der Waals surface area contributed by atoms with E-state index in [2.05, 4.69) is 16.5 Å². The van der Waals surface area contributed by atoms with Crippen molar-refractivity contribution in [2.75, 3.05) is 11.4 Å². The van der Waals surface area contributed by atoms with Crippen molar-refractivity contribution in [2.24, 2.45) is 0 Å². The number of halogens is 2. The van der Waals surface area contributed by atoms with Crippen LogP contribution in [0, 0.1) is 6.92 Å². The SMILES string of the molecule is CCCCN1C=C/C(=C\C=C\C(=O)c2c(OB(F)F)cc(C)oc2=O)c2ccccc21. The van der Waals surface area contributed by atoms with Gasteiger partial charge in [-0.25, -0.2) is 13.4 Å². The topological polar surface area (TPSA) is 59.8 Å². The van der Waals surface area contributed by atoms with Gasteiger partial charge in [0.1, 0.15) is 17.1 Å². The molecule has 0 unspecified atom stereocenters. The molecule has 0 amide bonds. The molecule has 0 fully saturated rings. The molecule has 2 aromatic rings. The van der Waals surface area contributed by atoms with Crippen LogP contribution in [0.4, 0.5) is 14.3 Å². The second kappa shape index (κ2) is 10.1. The lowest BCUT2D eigenvalue weighted by Gasteiger charge is -2.27. The van der Waals surface area contributed by atoms with Crippen LogP contribution in [0.3, 0.4) is 0 Å². The van der Waals surface area contributed by atoms with Crippen molar-refractivity contribution in [2.45, 2.75) is 26.7 Å². The summed E-state index contributed by atoms with van der Waals surface area (Å²) in [4.78, 5) is 26.7. The normalized spacial score (nSPS) is 14.2. The summed E-state index contributed by atoms with van der Waals surface area (Å²) in [5.41, 5.74) is 1.37. The summed E-state index contributed by atoms with van der Waals surface area (Å²) in [6.07, 6.45) is 10.4. The van der Waals surface area contributed by atoms with Crippen LogP contribution in [0.2, 0.25) is 0 Å². The van der Waals surface area contributed by atoms with Crippen LogP contribution >= 0.6 is 0 Å². The van der Waals surface area contributed by atoms with Crippen molar-refractivity contribution < 1.29 is 22.5 Å². The molecule has 0 aliphatic carbocycles. The minimum absolute atomic E-state index is 0.0693. The number of allylic oxidation sites excluding steroid dienone is 5. The van der Waals surface area contributed by atoms with E-state index in [9.17, 15) is 18.2 Å². The average molecular weight is 425 g/mol. The first-order valence-electron chi connectivity index (χ1n) is 9.97. The second-order valence-corrected chi connectivity index (χ2v) is 6.99. The fourth-order valence-corrected chi connectivity index (χ4v) is 3.29. The summed E-state index contributed by atoms with van der Waals surface area (Å²) < 4.78 is 34.5. The molecule has 31 heavy (non-hydrogen) atoms. The van der Waals surface area contributed by atoms with Gasteiger partial charge in [0.15, 0.2) is 5.78 Å². The smallest absolute Gasteiger partial charge is 0.504 e. The number of carbonyl (C=O) groups excluding carboxylic acids is 1. The van der Waals surface area contributed by atoms with Gasteiger partial charge in [0.05, 0.1) is 0 Å². The lowest BCUT2D eigenvalue weighted by molar-refractivity contribution is 0.104. The Morgan fingerprint density at radius 3 is 2.81 bits per heavy atom. The van der Waals surface area contributed by atoms with E-state index in [0.29, 0.717) is 0 Å². The summed E-state index contributed by atoms with van der Waals surface area (Å²) >= 11 is 0. The molecule has 0 saturated heterocycles. The molecule has 0 bridgehead atoms. The van der Waals surface area contributed by atoms with Gasteiger partial charge in [-0.2, -0.15) is 0 Å². The average Bonchev–Trinajstić information content (AvgIpc) is 2.72. The molecule has 1 aromatic carbocycles. The van der Waals surface area contributed by atoms with Crippen LogP contribution in [0.5, 0.6) is 5.75 Å². The maximum atomic E-state index is 12.7. The van der Waals surface area contributed by atoms with Crippen LogP contribution in [0.25, 0.3) is 5.57 Å². The van der Waals surface area contributed by atoms with Gasteiger partial charge >= 0.3 is 13.1 Å². The molecule has 0 spiro atoms. The van der Waals surface area contributed by atoms with Crippen molar-refractivity contribution >= 4 is 24.5 Å². The summed E-state index contributed by atoms with van der Waals surface area (Å²) in [5.74, 6) is -1.21. The first kappa shape index (κ1) is 22.3. The third kappa shape index (κ3) is 5.39. The van der Waals surface area contributed by atoms with Gasteiger partial charge in [-0.05, 0) is 37.1 Å². The molecule has 160 valence electrons. The van der Waals surface area contributed by atoms with E-state index in [-0.39, 0.29) is 5.76 Å². The zero-order chi connectivity index (χ0) is 22.4. The third-order valence-corrected chi connectivity index (χ3v) is 4.74. The van der Waals surface area contributed by atoms with Crippen molar-refractivity contribution in [3.63, 3.8) is 0 Å². The van der Waals surface area contributed by atoms with Crippen LogP contribution in [0.1, 0.15) is 41.4 Å². The molecule has 3 rings (SSSR count). The molecule has 0 saturated carbocycles. The highest BCUT2D eigenvalue weighted by atomic mass is 19.2. The minimum Gasteiger partial charge on any atom is -0.504 e. The molecule has 0 radical (unpaired) electrons. The number of para-hydroxylation sites is 1. The Morgan fingerprint density at radius 1 is 1.29 bits per heavy atom. The van der Waals surface area contributed by atoms with Gasteiger partial charge in [-0.1, -0.05) is 43.7 Å². The minimum atomic E-state index is -3.17. The van der Waals surface area contributed by atoms with E-state index in [1.807, 2.05) is 36.5 Å². The monoisotopic (exact) mass is 425 g/mol. The predicted molar refractivity (Wildman–Crippen MR) is 118 cm³/mol. The van der Waals surface area contributed by atoms with E-state index >= 15 is 0 Å². The quantitative estimate of drug-likeness (QED) is 0.330. The number of aryl methyl sites for hydroxylation is 1. The highest BCUT2D eigenvalue weighted by molar-refractivity contribution is 6.35. The van der Waals surface area contributed by atoms with Crippen LogP contribution in [0.15, 0.2) is 70.0 Å². The number of ketones is 1. The first-order valence-corrected chi connectivity index (χ1v) is 9.97. The maximum absolute atomic E-state index is 12.7.